The maximum Gasteiger partial charge on any atom is 0.310 e. The smallest absolute Gasteiger partial charge is 0.310 e. The Hall–Kier alpha value is -2.24. The maximum absolute atomic E-state index is 12.7. The molecule has 0 heterocycles. The van der Waals surface area contributed by atoms with Crippen molar-refractivity contribution < 1.29 is 23.8 Å². The fraction of sp³-hybridized carbons (Fsp3) is 0.500. The van der Waals surface area contributed by atoms with Gasteiger partial charge in [0.05, 0.1) is 32.8 Å². The molecule has 0 saturated carbocycles. The van der Waals surface area contributed by atoms with E-state index in [1.54, 1.807) is 37.1 Å². The first-order chi connectivity index (χ1) is 10.5. The molecule has 6 nitrogen and oxygen atoms in total. The zero-order valence-corrected chi connectivity index (χ0v) is 13.7. The van der Waals surface area contributed by atoms with E-state index in [2.05, 4.69) is 0 Å². The van der Waals surface area contributed by atoms with Gasteiger partial charge in [0, 0.05) is 19.2 Å². The summed E-state index contributed by atoms with van der Waals surface area (Å²) in [5, 5.41) is 0. The van der Waals surface area contributed by atoms with Gasteiger partial charge in [-0.2, -0.15) is 0 Å². The number of hydrogen-bond acceptors (Lipinski definition) is 5. The number of carbonyl (C=O) groups excluding carboxylic acids is 2. The van der Waals surface area contributed by atoms with Gasteiger partial charge in [-0.1, -0.05) is 6.92 Å². The molecule has 0 aromatic heterocycles. The van der Waals surface area contributed by atoms with E-state index in [9.17, 15) is 9.59 Å². The van der Waals surface area contributed by atoms with E-state index >= 15 is 0 Å². The van der Waals surface area contributed by atoms with Gasteiger partial charge >= 0.3 is 5.97 Å². The van der Waals surface area contributed by atoms with E-state index in [-0.39, 0.29) is 18.4 Å². The lowest BCUT2D eigenvalue weighted by atomic mass is 10.1. The summed E-state index contributed by atoms with van der Waals surface area (Å²) >= 11 is 0. The number of carbonyl (C=O) groups is 2. The van der Waals surface area contributed by atoms with Gasteiger partial charge in [-0.05, 0) is 19.1 Å². The molecule has 0 spiro atoms. The van der Waals surface area contributed by atoms with Crippen LogP contribution in [0.2, 0.25) is 0 Å². The van der Waals surface area contributed by atoms with E-state index in [1.165, 1.54) is 14.2 Å². The van der Waals surface area contributed by atoms with Gasteiger partial charge < -0.3 is 19.1 Å². The number of esters is 1. The van der Waals surface area contributed by atoms with Crippen LogP contribution in [0.5, 0.6) is 11.5 Å². The molecule has 0 fully saturated rings. The number of methoxy groups -OCH3 is 3. The van der Waals surface area contributed by atoms with Crippen LogP contribution in [0.4, 0.5) is 0 Å². The lowest BCUT2D eigenvalue weighted by Gasteiger charge is -2.24. The molecular weight excluding hydrogens is 286 g/mol. The van der Waals surface area contributed by atoms with Crippen LogP contribution in [0.3, 0.4) is 0 Å². The molecule has 122 valence electrons. The van der Waals surface area contributed by atoms with Gasteiger partial charge in [0.15, 0.2) is 0 Å². The third-order valence-electron chi connectivity index (χ3n) is 3.41. The van der Waals surface area contributed by atoms with Crippen LogP contribution in [0.25, 0.3) is 0 Å². The predicted molar refractivity (Wildman–Crippen MR) is 82.3 cm³/mol. The summed E-state index contributed by atoms with van der Waals surface area (Å²) in [7, 11) is 4.38. The molecule has 0 saturated heterocycles. The zero-order valence-electron chi connectivity index (χ0n) is 13.7. The number of hydrogen-bond donors (Lipinski definition) is 0. The number of benzene rings is 1. The van der Waals surface area contributed by atoms with Gasteiger partial charge in [0.1, 0.15) is 11.5 Å². The van der Waals surface area contributed by atoms with Crippen LogP contribution in [0.15, 0.2) is 18.2 Å². The van der Waals surface area contributed by atoms with Crippen LogP contribution in [-0.4, -0.2) is 51.2 Å². The average molecular weight is 309 g/mol. The van der Waals surface area contributed by atoms with Crippen molar-refractivity contribution >= 4 is 11.9 Å². The van der Waals surface area contributed by atoms with E-state index in [1.807, 2.05) is 6.92 Å². The Kier molecular flexibility index (Phi) is 6.69. The van der Waals surface area contributed by atoms with Crippen LogP contribution in [0, 0.1) is 5.92 Å². The Bertz CT molecular complexity index is 529. The highest BCUT2D eigenvalue weighted by atomic mass is 16.5. The Morgan fingerprint density at radius 2 is 1.86 bits per heavy atom. The van der Waals surface area contributed by atoms with Crippen molar-refractivity contribution in [2.45, 2.75) is 13.8 Å². The zero-order chi connectivity index (χ0) is 16.7. The molecule has 1 aromatic rings. The minimum Gasteiger partial charge on any atom is -0.497 e. The summed E-state index contributed by atoms with van der Waals surface area (Å²) in [5.74, 6) is 0.122. The molecule has 1 rings (SSSR count). The van der Waals surface area contributed by atoms with Crippen molar-refractivity contribution in [2.24, 2.45) is 5.92 Å². The number of rotatable bonds is 7. The summed E-state index contributed by atoms with van der Waals surface area (Å²) in [6.45, 7) is 4.36. The Balaban J connectivity index is 2.99. The summed E-state index contributed by atoms with van der Waals surface area (Å²) in [6, 6.07) is 5.02. The Morgan fingerprint density at radius 3 is 2.36 bits per heavy atom. The SMILES string of the molecule is CCN(C[C@H](C)C(=O)OC)C(=O)c1ccc(OC)cc1OC. The lowest BCUT2D eigenvalue weighted by Crippen LogP contribution is -2.37. The second-order valence-corrected chi connectivity index (χ2v) is 4.83. The fourth-order valence-corrected chi connectivity index (χ4v) is 2.11. The molecule has 0 aliphatic rings. The summed E-state index contributed by atoms with van der Waals surface area (Å²) in [5.41, 5.74) is 0.433. The monoisotopic (exact) mass is 309 g/mol. The molecule has 6 heteroatoms. The average Bonchev–Trinajstić information content (AvgIpc) is 2.57. The minimum atomic E-state index is -0.391. The van der Waals surface area contributed by atoms with Crippen LogP contribution in [0.1, 0.15) is 24.2 Å². The van der Waals surface area contributed by atoms with Crippen LogP contribution in [-0.2, 0) is 9.53 Å². The van der Waals surface area contributed by atoms with Gasteiger partial charge in [-0.25, -0.2) is 0 Å². The Labute approximate surface area is 131 Å². The van der Waals surface area contributed by atoms with Gasteiger partial charge in [0.25, 0.3) is 5.91 Å². The highest BCUT2D eigenvalue weighted by molar-refractivity contribution is 5.97. The van der Waals surface area contributed by atoms with E-state index < -0.39 is 5.92 Å². The molecular formula is C16H23NO5. The summed E-state index contributed by atoms with van der Waals surface area (Å²) in [6.07, 6.45) is 0. The normalized spacial score (nSPS) is 11.5. The highest BCUT2D eigenvalue weighted by Gasteiger charge is 2.23. The van der Waals surface area contributed by atoms with Crippen molar-refractivity contribution in [3.05, 3.63) is 23.8 Å². The maximum atomic E-state index is 12.7. The number of ether oxygens (including phenoxy) is 3. The largest absolute Gasteiger partial charge is 0.497 e. The highest BCUT2D eigenvalue weighted by Crippen LogP contribution is 2.26. The summed E-state index contributed by atoms with van der Waals surface area (Å²) < 4.78 is 15.1. The molecule has 0 aliphatic carbocycles. The molecule has 1 aromatic carbocycles. The van der Waals surface area contributed by atoms with E-state index in [0.29, 0.717) is 23.6 Å². The molecule has 0 N–H and O–H groups in total. The molecule has 0 radical (unpaired) electrons. The topological polar surface area (TPSA) is 65.1 Å². The third-order valence-corrected chi connectivity index (χ3v) is 3.41. The first-order valence-corrected chi connectivity index (χ1v) is 7.07. The van der Waals surface area contributed by atoms with Crippen molar-refractivity contribution in [3.63, 3.8) is 0 Å². The van der Waals surface area contributed by atoms with Crippen LogP contribution >= 0.6 is 0 Å². The molecule has 1 amide bonds. The first kappa shape index (κ1) is 17.8. The van der Waals surface area contributed by atoms with Crippen LogP contribution < -0.4 is 9.47 Å². The van der Waals surface area contributed by atoms with E-state index in [4.69, 9.17) is 14.2 Å². The molecule has 1 atom stereocenters. The van der Waals surface area contributed by atoms with Crippen molar-refractivity contribution in [3.8, 4) is 11.5 Å². The fourth-order valence-electron chi connectivity index (χ4n) is 2.11. The minimum absolute atomic E-state index is 0.197. The molecule has 0 bridgehead atoms. The number of amides is 1. The van der Waals surface area contributed by atoms with E-state index in [0.717, 1.165) is 0 Å². The second-order valence-electron chi connectivity index (χ2n) is 4.83. The van der Waals surface area contributed by atoms with Crippen molar-refractivity contribution in [1.29, 1.82) is 0 Å². The molecule has 0 unspecified atom stereocenters. The van der Waals surface area contributed by atoms with Gasteiger partial charge in [-0.15, -0.1) is 0 Å². The van der Waals surface area contributed by atoms with Gasteiger partial charge in [-0.3, -0.25) is 9.59 Å². The summed E-state index contributed by atoms with van der Waals surface area (Å²) in [4.78, 5) is 25.8. The lowest BCUT2D eigenvalue weighted by molar-refractivity contribution is -0.145. The quantitative estimate of drug-likeness (QED) is 0.721. The van der Waals surface area contributed by atoms with Crippen molar-refractivity contribution in [2.75, 3.05) is 34.4 Å². The van der Waals surface area contributed by atoms with Gasteiger partial charge in [0.2, 0.25) is 0 Å². The standard InChI is InChI=1S/C16H23NO5/c1-6-17(10-11(2)16(19)22-5)15(18)13-8-7-12(20-3)9-14(13)21-4/h7-9,11H,6,10H2,1-5H3/t11-/m0/s1. The Morgan fingerprint density at radius 1 is 1.18 bits per heavy atom. The second kappa shape index (κ2) is 8.26. The molecule has 22 heavy (non-hydrogen) atoms. The molecule has 0 aliphatic heterocycles. The predicted octanol–water partition coefficient (Wildman–Crippen LogP) is 1.97. The third kappa shape index (κ3) is 4.13. The van der Waals surface area contributed by atoms with Crippen molar-refractivity contribution in [1.82, 2.24) is 4.90 Å². The number of nitrogens with zero attached hydrogens (tertiary/aromatic N) is 1. The first-order valence-electron chi connectivity index (χ1n) is 7.07.